The van der Waals surface area contributed by atoms with Gasteiger partial charge in [0.2, 0.25) is 0 Å². The van der Waals surface area contributed by atoms with Crippen molar-refractivity contribution in [2.45, 2.75) is 19.4 Å². The Morgan fingerprint density at radius 3 is 2.69 bits per heavy atom. The molecule has 0 aromatic heterocycles. The average molecular weight is 244 g/mol. The normalized spacial score (nSPS) is 12.6. The lowest BCUT2D eigenvalue weighted by molar-refractivity contribution is 0.414. The molecule has 0 aliphatic rings. The van der Waals surface area contributed by atoms with E-state index in [0.29, 0.717) is 0 Å². The number of hydrogen-bond donors (Lipinski definition) is 1. The van der Waals surface area contributed by atoms with Gasteiger partial charge in [0.1, 0.15) is 5.75 Å². The summed E-state index contributed by atoms with van der Waals surface area (Å²) < 4.78 is 6.15. The Hall–Kier alpha value is -0.540. The SMILES string of the molecule is COc1ccc(CC(C)N)c(Br)c1. The molecule has 0 radical (unpaired) electrons. The van der Waals surface area contributed by atoms with Crippen LogP contribution in [0, 0.1) is 0 Å². The monoisotopic (exact) mass is 243 g/mol. The third kappa shape index (κ3) is 3.01. The van der Waals surface area contributed by atoms with E-state index in [1.165, 1.54) is 5.56 Å². The summed E-state index contributed by atoms with van der Waals surface area (Å²) in [7, 11) is 1.66. The highest BCUT2D eigenvalue weighted by atomic mass is 79.9. The van der Waals surface area contributed by atoms with Crippen molar-refractivity contribution in [2.24, 2.45) is 5.73 Å². The van der Waals surface area contributed by atoms with E-state index in [9.17, 15) is 0 Å². The van der Waals surface area contributed by atoms with Crippen LogP contribution in [0.4, 0.5) is 0 Å². The van der Waals surface area contributed by atoms with Crippen LogP contribution in [0.25, 0.3) is 0 Å². The van der Waals surface area contributed by atoms with Crippen molar-refractivity contribution in [1.29, 1.82) is 0 Å². The van der Waals surface area contributed by atoms with Crippen molar-refractivity contribution >= 4 is 15.9 Å². The van der Waals surface area contributed by atoms with Crippen LogP contribution >= 0.6 is 15.9 Å². The van der Waals surface area contributed by atoms with Crippen molar-refractivity contribution in [3.8, 4) is 5.75 Å². The molecule has 13 heavy (non-hydrogen) atoms. The summed E-state index contributed by atoms with van der Waals surface area (Å²) in [5.74, 6) is 0.861. The second-order valence-corrected chi connectivity index (χ2v) is 3.99. The summed E-state index contributed by atoms with van der Waals surface area (Å²) in [4.78, 5) is 0. The number of hydrogen-bond acceptors (Lipinski definition) is 2. The lowest BCUT2D eigenvalue weighted by Crippen LogP contribution is -2.17. The van der Waals surface area contributed by atoms with Crippen molar-refractivity contribution < 1.29 is 4.74 Å². The molecule has 0 amide bonds. The van der Waals surface area contributed by atoms with Crippen LogP contribution in [0.1, 0.15) is 12.5 Å². The highest BCUT2D eigenvalue weighted by Gasteiger charge is 2.03. The van der Waals surface area contributed by atoms with Gasteiger partial charge in [0, 0.05) is 10.5 Å². The summed E-state index contributed by atoms with van der Waals surface area (Å²) in [6.07, 6.45) is 0.880. The predicted octanol–water partition coefficient (Wildman–Crippen LogP) is 2.35. The first kappa shape index (κ1) is 10.5. The minimum Gasteiger partial charge on any atom is -0.497 e. The lowest BCUT2D eigenvalue weighted by atomic mass is 10.1. The standard InChI is InChI=1S/C10H14BrNO/c1-7(12)5-8-3-4-9(13-2)6-10(8)11/h3-4,6-7H,5,12H2,1-2H3. The van der Waals surface area contributed by atoms with E-state index in [4.69, 9.17) is 10.5 Å². The molecule has 0 saturated heterocycles. The summed E-state index contributed by atoms with van der Waals surface area (Å²) in [6, 6.07) is 6.12. The van der Waals surface area contributed by atoms with E-state index in [-0.39, 0.29) is 6.04 Å². The number of rotatable bonds is 3. The summed E-state index contributed by atoms with van der Waals surface area (Å²) in [5.41, 5.74) is 6.93. The molecular weight excluding hydrogens is 230 g/mol. The van der Waals surface area contributed by atoms with Crippen LogP contribution in [0.5, 0.6) is 5.75 Å². The van der Waals surface area contributed by atoms with Crippen LogP contribution in [-0.2, 0) is 6.42 Å². The molecule has 0 fully saturated rings. The molecule has 1 aromatic carbocycles. The van der Waals surface area contributed by atoms with Gasteiger partial charge in [-0.15, -0.1) is 0 Å². The largest absolute Gasteiger partial charge is 0.497 e. The van der Waals surface area contributed by atoms with Gasteiger partial charge >= 0.3 is 0 Å². The molecule has 2 N–H and O–H groups in total. The van der Waals surface area contributed by atoms with Crippen LogP contribution in [0.15, 0.2) is 22.7 Å². The average Bonchev–Trinajstić information content (AvgIpc) is 2.08. The minimum absolute atomic E-state index is 0.185. The summed E-state index contributed by atoms with van der Waals surface area (Å²) in [5, 5.41) is 0. The first-order chi connectivity index (χ1) is 6.13. The van der Waals surface area contributed by atoms with Gasteiger partial charge in [0.05, 0.1) is 7.11 Å². The van der Waals surface area contributed by atoms with E-state index in [1.54, 1.807) is 7.11 Å². The maximum absolute atomic E-state index is 5.71. The third-order valence-electron chi connectivity index (χ3n) is 1.80. The maximum Gasteiger partial charge on any atom is 0.120 e. The molecule has 0 spiro atoms. The summed E-state index contributed by atoms with van der Waals surface area (Å²) in [6.45, 7) is 2.00. The number of methoxy groups -OCH3 is 1. The van der Waals surface area contributed by atoms with E-state index < -0.39 is 0 Å². The molecule has 3 heteroatoms. The van der Waals surface area contributed by atoms with Gasteiger partial charge < -0.3 is 10.5 Å². The fourth-order valence-corrected chi connectivity index (χ4v) is 1.69. The predicted molar refractivity (Wildman–Crippen MR) is 58.0 cm³/mol. The molecule has 0 heterocycles. The minimum atomic E-state index is 0.185. The molecule has 1 unspecified atom stereocenters. The molecule has 1 rings (SSSR count). The molecule has 0 aliphatic heterocycles. The molecule has 0 saturated carbocycles. The first-order valence-electron chi connectivity index (χ1n) is 4.21. The van der Waals surface area contributed by atoms with Gasteiger partial charge in [-0.25, -0.2) is 0 Å². The quantitative estimate of drug-likeness (QED) is 0.885. The zero-order valence-corrected chi connectivity index (χ0v) is 9.47. The molecule has 1 aromatic rings. The molecule has 2 nitrogen and oxygen atoms in total. The molecule has 1 atom stereocenters. The highest BCUT2D eigenvalue weighted by molar-refractivity contribution is 9.10. The zero-order chi connectivity index (χ0) is 9.84. The smallest absolute Gasteiger partial charge is 0.120 e. The topological polar surface area (TPSA) is 35.2 Å². The molecule has 0 bridgehead atoms. The molecule has 72 valence electrons. The summed E-state index contributed by atoms with van der Waals surface area (Å²) >= 11 is 3.48. The molecule has 0 aliphatic carbocycles. The van der Waals surface area contributed by atoms with Crippen molar-refractivity contribution in [3.63, 3.8) is 0 Å². The van der Waals surface area contributed by atoms with Crippen molar-refractivity contribution in [3.05, 3.63) is 28.2 Å². The third-order valence-corrected chi connectivity index (χ3v) is 2.54. The Kier molecular flexibility index (Phi) is 3.75. The van der Waals surface area contributed by atoms with Crippen molar-refractivity contribution in [1.82, 2.24) is 0 Å². The van der Waals surface area contributed by atoms with E-state index in [2.05, 4.69) is 15.9 Å². The highest BCUT2D eigenvalue weighted by Crippen LogP contribution is 2.23. The van der Waals surface area contributed by atoms with Crippen LogP contribution < -0.4 is 10.5 Å². The Labute approximate surface area is 87.2 Å². The van der Waals surface area contributed by atoms with Gasteiger partial charge in [0.15, 0.2) is 0 Å². The number of benzene rings is 1. The van der Waals surface area contributed by atoms with E-state index in [1.807, 2.05) is 25.1 Å². The fourth-order valence-electron chi connectivity index (χ4n) is 1.17. The molecular formula is C10H14BrNO. The Balaban J connectivity index is 2.85. The second-order valence-electron chi connectivity index (χ2n) is 3.14. The van der Waals surface area contributed by atoms with Gasteiger partial charge in [-0.05, 0) is 31.0 Å². The first-order valence-corrected chi connectivity index (χ1v) is 5.00. The van der Waals surface area contributed by atoms with Crippen LogP contribution in [0.2, 0.25) is 0 Å². The second kappa shape index (κ2) is 4.63. The number of halogens is 1. The van der Waals surface area contributed by atoms with Crippen LogP contribution in [-0.4, -0.2) is 13.2 Å². The van der Waals surface area contributed by atoms with Gasteiger partial charge in [-0.1, -0.05) is 22.0 Å². The number of nitrogens with two attached hydrogens (primary N) is 1. The van der Waals surface area contributed by atoms with Crippen LogP contribution in [0.3, 0.4) is 0 Å². The van der Waals surface area contributed by atoms with E-state index >= 15 is 0 Å². The van der Waals surface area contributed by atoms with Gasteiger partial charge in [-0.2, -0.15) is 0 Å². The Morgan fingerprint density at radius 2 is 2.23 bits per heavy atom. The zero-order valence-electron chi connectivity index (χ0n) is 7.88. The lowest BCUT2D eigenvalue weighted by Gasteiger charge is -2.08. The number of ether oxygens (including phenoxy) is 1. The van der Waals surface area contributed by atoms with Gasteiger partial charge in [0.25, 0.3) is 0 Å². The Morgan fingerprint density at radius 1 is 1.54 bits per heavy atom. The maximum atomic E-state index is 5.71. The van der Waals surface area contributed by atoms with Crippen molar-refractivity contribution in [2.75, 3.05) is 7.11 Å². The Bertz CT molecular complexity index is 286. The van der Waals surface area contributed by atoms with Gasteiger partial charge in [-0.3, -0.25) is 0 Å². The van der Waals surface area contributed by atoms with E-state index in [0.717, 1.165) is 16.6 Å². The fraction of sp³-hybridized carbons (Fsp3) is 0.400.